The van der Waals surface area contributed by atoms with Gasteiger partial charge in [-0.15, -0.1) is 0 Å². The van der Waals surface area contributed by atoms with Crippen molar-refractivity contribution in [1.82, 2.24) is 14.5 Å². The van der Waals surface area contributed by atoms with E-state index in [1.807, 2.05) is 20.9 Å². The molecule has 0 bridgehead atoms. The molecule has 1 aliphatic rings. The van der Waals surface area contributed by atoms with Crippen LogP contribution in [0.3, 0.4) is 0 Å². The number of carbonyl (C=O) groups is 1. The predicted molar refractivity (Wildman–Crippen MR) is 102 cm³/mol. The van der Waals surface area contributed by atoms with Gasteiger partial charge in [0.05, 0.1) is 10.9 Å². The summed E-state index contributed by atoms with van der Waals surface area (Å²) in [5.74, 6) is 0.0612. The van der Waals surface area contributed by atoms with Gasteiger partial charge < -0.3 is 16.0 Å². The molecule has 0 spiro atoms. The number of sulfonamides is 1. The molecule has 0 aromatic heterocycles. The molecule has 0 aliphatic carbocycles. The van der Waals surface area contributed by atoms with E-state index in [0.29, 0.717) is 44.1 Å². The van der Waals surface area contributed by atoms with Crippen LogP contribution in [0, 0.1) is 5.92 Å². The minimum atomic E-state index is -3.58. The van der Waals surface area contributed by atoms with E-state index in [1.165, 1.54) is 4.31 Å². The Kier molecular flexibility index (Phi) is 7.16. The van der Waals surface area contributed by atoms with E-state index in [4.69, 9.17) is 5.73 Å². The van der Waals surface area contributed by atoms with Crippen molar-refractivity contribution in [3.63, 3.8) is 0 Å². The van der Waals surface area contributed by atoms with Gasteiger partial charge in [0.25, 0.3) is 0 Å². The summed E-state index contributed by atoms with van der Waals surface area (Å²) in [6.45, 7) is 6.52. The molecule has 26 heavy (non-hydrogen) atoms. The monoisotopic (exact) mass is 382 g/mol. The van der Waals surface area contributed by atoms with Gasteiger partial charge in [-0.2, -0.15) is 4.31 Å². The van der Waals surface area contributed by atoms with Crippen molar-refractivity contribution in [3.8, 4) is 0 Å². The fourth-order valence-corrected chi connectivity index (χ4v) is 4.64. The molecular formula is C18H30N4O3S. The minimum Gasteiger partial charge on any atom is -0.351 e. The van der Waals surface area contributed by atoms with Crippen LogP contribution in [-0.4, -0.2) is 62.8 Å². The Hall–Kier alpha value is -1.48. The number of rotatable bonds is 7. The molecule has 1 aromatic carbocycles. The largest absolute Gasteiger partial charge is 0.351 e. The second kappa shape index (κ2) is 8.94. The van der Waals surface area contributed by atoms with Gasteiger partial charge in [0, 0.05) is 32.7 Å². The van der Waals surface area contributed by atoms with Gasteiger partial charge in [0.1, 0.15) is 0 Å². The number of hydrogen-bond acceptors (Lipinski definition) is 5. The molecule has 3 N–H and O–H groups in total. The molecule has 1 aromatic rings. The fourth-order valence-electron chi connectivity index (χ4n) is 3.00. The van der Waals surface area contributed by atoms with Gasteiger partial charge in [-0.05, 0) is 31.0 Å². The minimum absolute atomic E-state index is 0.147. The van der Waals surface area contributed by atoms with Gasteiger partial charge in [-0.3, -0.25) is 4.79 Å². The zero-order valence-corrected chi connectivity index (χ0v) is 16.6. The van der Waals surface area contributed by atoms with Gasteiger partial charge in [0.15, 0.2) is 0 Å². The highest BCUT2D eigenvalue weighted by Crippen LogP contribution is 2.21. The third-order valence-corrected chi connectivity index (χ3v) is 6.57. The highest BCUT2D eigenvalue weighted by atomic mass is 32.2. The Morgan fingerprint density at radius 1 is 1.19 bits per heavy atom. The second-order valence-electron chi connectivity index (χ2n) is 7.27. The van der Waals surface area contributed by atoms with E-state index in [-0.39, 0.29) is 17.3 Å². The number of amides is 1. The van der Waals surface area contributed by atoms with Crippen molar-refractivity contribution in [3.05, 3.63) is 29.8 Å². The summed E-state index contributed by atoms with van der Waals surface area (Å²) in [6.07, 6.45) is 0.590. The predicted octanol–water partition coefficient (Wildman–Crippen LogP) is 0.612. The van der Waals surface area contributed by atoms with Crippen LogP contribution in [0.25, 0.3) is 0 Å². The molecule has 146 valence electrons. The molecule has 1 atom stereocenters. The fraction of sp³-hybridized carbons (Fsp3) is 0.611. The highest BCUT2D eigenvalue weighted by Gasteiger charge is 2.29. The Morgan fingerprint density at radius 3 is 2.42 bits per heavy atom. The lowest BCUT2D eigenvalue weighted by Crippen LogP contribution is -2.47. The molecule has 8 heteroatoms. The first-order chi connectivity index (χ1) is 12.2. The van der Waals surface area contributed by atoms with Crippen molar-refractivity contribution in [2.45, 2.75) is 37.8 Å². The summed E-state index contributed by atoms with van der Waals surface area (Å²) in [6, 6.07) is 6.23. The molecule has 2 rings (SSSR count). The molecule has 7 nitrogen and oxygen atoms in total. The average Bonchev–Trinajstić information content (AvgIpc) is 2.59. The van der Waals surface area contributed by atoms with E-state index in [9.17, 15) is 13.2 Å². The molecule has 1 fully saturated rings. The van der Waals surface area contributed by atoms with E-state index < -0.39 is 16.1 Å². The molecule has 0 radical (unpaired) electrons. The van der Waals surface area contributed by atoms with Gasteiger partial charge >= 0.3 is 0 Å². The average molecular weight is 383 g/mol. The maximum absolute atomic E-state index is 13.0. The molecule has 1 heterocycles. The van der Waals surface area contributed by atoms with Crippen LogP contribution in [0.15, 0.2) is 29.2 Å². The summed E-state index contributed by atoms with van der Waals surface area (Å²) in [5.41, 5.74) is 6.47. The Bertz CT molecular complexity index is 713. The Morgan fingerprint density at radius 2 is 1.81 bits per heavy atom. The molecule has 1 aliphatic heterocycles. The summed E-state index contributed by atoms with van der Waals surface area (Å²) in [5, 5.41) is 2.77. The zero-order valence-electron chi connectivity index (χ0n) is 15.8. The smallest absolute Gasteiger partial charge is 0.243 e. The molecular weight excluding hydrogens is 352 g/mol. The van der Waals surface area contributed by atoms with Gasteiger partial charge in [-0.1, -0.05) is 32.0 Å². The lowest BCUT2D eigenvalue weighted by atomic mass is 10.0. The van der Waals surface area contributed by atoms with Crippen molar-refractivity contribution in [2.75, 3.05) is 33.2 Å². The van der Waals surface area contributed by atoms with Crippen LogP contribution in [0.4, 0.5) is 0 Å². The number of nitrogens with two attached hydrogens (primary N) is 1. The number of hydrogen-bond donors (Lipinski definition) is 2. The number of piperazine rings is 1. The first-order valence-corrected chi connectivity index (χ1v) is 10.5. The Balaban J connectivity index is 2.11. The number of benzene rings is 1. The number of likely N-dealkylation sites (N-methyl/N-ethyl adjacent to an activating group) is 1. The topological polar surface area (TPSA) is 95.7 Å². The lowest BCUT2D eigenvalue weighted by molar-refractivity contribution is -0.122. The number of nitrogens with one attached hydrogen (secondary N) is 1. The summed E-state index contributed by atoms with van der Waals surface area (Å²) in [7, 11) is -1.60. The maximum Gasteiger partial charge on any atom is 0.243 e. The SMILES string of the molecule is CC(C)C[C@H](N)C(=O)NCc1ccccc1S(=O)(=O)N1CCN(C)CC1. The highest BCUT2D eigenvalue weighted by molar-refractivity contribution is 7.89. The lowest BCUT2D eigenvalue weighted by Gasteiger charge is -2.32. The number of nitrogens with zero attached hydrogens (tertiary/aromatic N) is 2. The van der Waals surface area contributed by atoms with Crippen LogP contribution in [-0.2, 0) is 21.4 Å². The van der Waals surface area contributed by atoms with Crippen LogP contribution >= 0.6 is 0 Å². The first kappa shape index (κ1) is 20.8. The molecule has 1 saturated heterocycles. The van der Waals surface area contributed by atoms with Crippen molar-refractivity contribution in [2.24, 2.45) is 11.7 Å². The molecule has 1 amide bonds. The third-order valence-electron chi connectivity index (χ3n) is 4.57. The summed E-state index contributed by atoms with van der Waals surface area (Å²) >= 11 is 0. The number of carbonyl (C=O) groups excluding carboxylic acids is 1. The maximum atomic E-state index is 13.0. The molecule has 0 unspecified atom stereocenters. The van der Waals surface area contributed by atoms with E-state index in [1.54, 1.807) is 24.3 Å². The quantitative estimate of drug-likeness (QED) is 0.720. The van der Waals surface area contributed by atoms with E-state index in [0.717, 1.165) is 0 Å². The Labute approximate surface area is 156 Å². The van der Waals surface area contributed by atoms with Crippen LogP contribution in [0.2, 0.25) is 0 Å². The van der Waals surface area contributed by atoms with Crippen molar-refractivity contribution < 1.29 is 13.2 Å². The second-order valence-corrected chi connectivity index (χ2v) is 9.18. The summed E-state index contributed by atoms with van der Waals surface area (Å²) in [4.78, 5) is 14.5. The third kappa shape index (κ3) is 5.26. The zero-order chi connectivity index (χ0) is 19.3. The van der Waals surface area contributed by atoms with Gasteiger partial charge in [0.2, 0.25) is 15.9 Å². The van der Waals surface area contributed by atoms with Crippen LogP contribution in [0.5, 0.6) is 0 Å². The van der Waals surface area contributed by atoms with E-state index >= 15 is 0 Å². The molecule has 0 saturated carbocycles. The van der Waals surface area contributed by atoms with E-state index in [2.05, 4.69) is 10.2 Å². The van der Waals surface area contributed by atoms with Crippen molar-refractivity contribution in [1.29, 1.82) is 0 Å². The van der Waals surface area contributed by atoms with Crippen LogP contribution < -0.4 is 11.1 Å². The summed E-state index contributed by atoms with van der Waals surface area (Å²) < 4.78 is 27.5. The van der Waals surface area contributed by atoms with Gasteiger partial charge in [-0.25, -0.2) is 8.42 Å². The van der Waals surface area contributed by atoms with Crippen LogP contribution in [0.1, 0.15) is 25.8 Å². The normalized spacial score (nSPS) is 18.0. The van der Waals surface area contributed by atoms with Crippen molar-refractivity contribution >= 4 is 15.9 Å². The first-order valence-electron chi connectivity index (χ1n) is 9.01. The standard InChI is InChI=1S/C18H30N4O3S/c1-14(2)12-16(19)18(23)20-13-15-6-4-5-7-17(15)26(24,25)22-10-8-21(3)9-11-22/h4-7,14,16H,8-13,19H2,1-3H3,(H,20,23)/t16-/m0/s1.